The van der Waals surface area contributed by atoms with Crippen molar-refractivity contribution < 1.29 is 9.90 Å². The van der Waals surface area contributed by atoms with Gasteiger partial charge in [-0.3, -0.25) is 0 Å². The van der Waals surface area contributed by atoms with Gasteiger partial charge in [0.1, 0.15) is 0 Å². The van der Waals surface area contributed by atoms with Crippen molar-refractivity contribution in [3.63, 3.8) is 0 Å². The standard InChI is InChI=1S/C7H3IO2S2/c8-5-1-3-4(6(9)10)2-11-7(3)12-5/h1-2H,(H,9,10). The fraction of sp³-hybridized carbons (Fsp3) is 0. The molecule has 0 atom stereocenters. The number of halogens is 1. The minimum absolute atomic E-state index is 0.425. The normalized spacial score (nSPS) is 10.8. The van der Waals surface area contributed by atoms with Gasteiger partial charge in [0.05, 0.1) is 12.5 Å². The van der Waals surface area contributed by atoms with Gasteiger partial charge in [-0.1, -0.05) is 0 Å². The van der Waals surface area contributed by atoms with Crippen molar-refractivity contribution in [1.29, 1.82) is 0 Å². The van der Waals surface area contributed by atoms with Gasteiger partial charge in [-0.25, -0.2) is 4.79 Å². The first kappa shape index (κ1) is 8.46. The van der Waals surface area contributed by atoms with E-state index in [0.29, 0.717) is 5.56 Å². The lowest BCUT2D eigenvalue weighted by Gasteiger charge is -1.84. The summed E-state index contributed by atoms with van der Waals surface area (Å²) in [7, 11) is 0. The smallest absolute Gasteiger partial charge is 0.337 e. The summed E-state index contributed by atoms with van der Waals surface area (Å²) in [5.41, 5.74) is 0.425. The van der Waals surface area contributed by atoms with Crippen LogP contribution in [0.5, 0.6) is 0 Å². The lowest BCUT2D eigenvalue weighted by molar-refractivity contribution is 0.0699. The highest BCUT2D eigenvalue weighted by atomic mass is 127. The molecule has 0 unspecified atom stereocenters. The van der Waals surface area contributed by atoms with Crippen LogP contribution in [0, 0.1) is 2.88 Å². The van der Waals surface area contributed by atoms with E-state index in [-0.39, 0.29) is 0 Å². The molecular formula is C7H3IO2S2. The summed E-state index contributed by atoms with van der Waals surface area (Å²) in [6.45, 7) is 0. The fourth-order valence-corrected chi connectivity index (χ4v) is 4.37. The number of fused-ring (bicyclic) bond motifs is 1. The van der Waals surface area contributed by atoms with E-state index in [1.165, 1.54) is 11.3 Å². The lowest BCUT2D eigenvalue weighted by atomic mass is 10.2. The van der Waals surface area contributed by atoms with Crippen molar-refractivity contribution in [1.82, 2.24) is 0 Å². The summed E-state index contributed by atoms with van der Waals surface area (Å²) >= 11 is 5.33. The van der Waals surface area contributed by atoms with Crippen LogP contribution in [0.25, 0.3) is 9.40 Å². The van der Waals surface area contributed by atoms with Crippen LogP contribution in [0.2, 0.25) is 0 Å². The number of rotatable bonds is 1. The molecule has 2 aromatic heterocycles. The molecule has 12 heavy (non-hydrogen) atoms. The molecule has 5 heteroatoms. The average Bonchev–Trinajstić information content (AvgIpc) is 2.43. The SMILES string of the molecule is O=C(O)c1csc2sc(I)cc12. The molecule has 1 N–H and O–H groups in total. The minimum atomic E-state index is -0.838. The average molecular weight is 310 g/mol. The number of hydrogen-bond donors (Lipinski definition) is 1. The van der Waals surface area contributed by atoms with Crippen molar-refractivity contribution in [2.75, 3.05) is 0 Å². The second-order valence-electron chi connectivity index (χ2n) is 2.21. The Bertz CT molecular complexity index is 443. The van der Waals surface area contributed by atoms with Gasteiger partial charge >= 0.3 is 5.97 Å². The third-order valence-corrected chi connectivity index (χ3v) is 4.49. The maximum atomic E-state index is 10.7. The van der Waals surface area contributed by atoms with Crippen LogP contribution in [-0.4, -0.2) is 11.1 Å². The topological polar surface area (TPSA) is 37.3 Å². The van der Waals surface area contributed by atoms with Crippen molar-refractivity contribution in [3.05, 3.63) is 19.9 Å². The summed E-state index contributed by atoms with van der Waals surface area (Å²) in [6, 6.07) is 1.92. The molecule has 2 aromatic rings. The molecule has 0 saturated heterocycles. The summed E-state index contributed by atoms with van der Waals surface area (Å²) in [6.07, 6.45) is 0. The molecule has 0 radical (unpaired) electrons. The Morgan fingerprint density at radius 2 is 2.33 bits per heavy atom. The highest BCUT2D eigenvalue weighted by Gasteiger charge is 2.12. The maximum Gasteiger partial charge on any atom is 0.337 e. The molecule has 62 valence electrons. The molecule has 0 amide bonds. The predicted octanol–water partition coefficient (Wildman–Crippen LogP) is 3.27. The minimum Gasteiger partial charge on any atom is -0.478 e. The Balaban J connectivity index is 2.76. The lowest BCUT2D eigenvalue weighted by Crippen LogP contribution is -1.92. The van der Waals surface area contributed by atoms with E-state index in [9.17, 15) is 4.79 Å². The fourth-order valence-electron chi connectivity index (χ4n) is 0.962. The molecule has 2 heterocycles. The van der Waals surface area contributed by atoms with E-state index >= 15 is 0 Å². The quantitative estimate of drug-likeness (QED) is 0.821. The zero-order valence-electron chi connectivity index (χ0n) is 5.70. The van der Waals surface area contributed by atoms with Crippen molar-refractivity contribution in [2.45, 2.75) is 0 Å². The van der Waals surface area contributed by atoms with Crippen LogP contribution in [0.3, 0.4) is 0 Å². The monoisotopic (exact) mass is 310 g/mol. The number of hydrogen-bond acceptors (Lipinski definition) is 3. The largest absolute Gasteiger partial charge is 0.478 e. The number of thiophene rings is 2. The molecule has 0 aliphatic rings. The molecule has 0 spiro atoms. The van der Waals surface area contributed by atoms with Crippen LogP contribution in [0.1, 0.15) is 10.4 Å². The molecule has 0 saturated carbocycles. The molecule has 2 nitrogen and oxygen atoms in total. The Hall–Kier alpha value is -0.140. The van der Waals surface area contributed by atoms with Gasteiger partial charge in [0, 0.05) is 10.8 Å². The summed E-state index contributed by atoms with van der Waals surface area (Å²) in [5, 5.41) is 11.4. The van der Waals surface area contributed by atoms with Crippen LogP contribution in [-0.2, 0) is 0 Å². The second-order valence-corrected chi connectivity index (χ2v) is 6.29. The second kappa shape index (κ2) is 2.97. The van der Waals surface area contributed by atoms with E-state index < -0.39 is 5.97 Å². The van der Waals surface area contributed by atoms with E-state index in [2.05, 4.69) is 22.6 Å². The van der Waals surface area contributed by atoms with E-state index in [4.69, 9.17) is 5.11 Å². The molecule has 2 rings (SSSR count). The number of carboxylic acid groups (broad SMARTS) is 1. The molecule has 0 aromatic carbocycles. The summed E-state index contributed by atoms with van der Waals surface area (Å²) in [5.74, 6) is -0.838. The van der Waals surface area contributed by atoms with Crippen LogP contribution >= 0.6 is 45.3 Å². The van der Waals surface area contributed by atoms with E-state index in [0.717, 1.165) is 12.3 Å². The first-order valence-corrected chi connectivity index (χ1v) is 5.86. The molecular weight excluding hydrogens is 307 g/mol. The molecule has 0 aliphatic carbocycles. The molecule has 0 fully saturated rings. The van der Waals surface area contributed by atoms with E-state index in [1.807, 2.05) is 6.07 Å². The number of carboxylic acids is 1. The molecule has 0 aliphatic heterocycles. The summed E-state index contributed by atoms with van der Waals surface area (Å²) in [4.78, 5) is 10.7. The van der Waals surface area contributed by atoms with E-state index in [1.54, 1.807) is 16.7 Å². The summed E-state index contributed by atoms with van der Waals surface area (Å²) < 4.78 is 2.23. The van der Waals surface area contributed by atoms with Gasteiger partial charge < -0.3 is 5.11 Å². The zero-order chi connectivity index (χ0) is 8.72. The number of aromatic carboxylic acids is 1. The maximum absolute atomic E-state index is 10.7. The first-order valence-electron chi connectivity index (χ1n) is 3.08. The highest BCUT2D eigenvalue weighted by molar-refractivity contribution is 14.1. The van der Waals surface area contributed by atoms with Crippen LogP contribution in [0.4, 0.5) is 0 Å². The third kappa shape index (κ3) is 1.25. The molecule has 0 bridgehead atoms. The van der Waals surface area contributed by atoms with Gasteiger partial charge in [-0.15, -0.1) is 22.7 Å². The Morgan fingerprint density at radius 3 is 3.00 bits per heavy atom. The Kier molecular flexibility index (Phi) is 2.09. The van der Waals surface area contributed by atoms with Gasteiger partial charge in [0.25, 0.3) is 0 Å². The van der Waals surface area contributed by atoms with Crippen LogP contribution < -0.4 is 0 Å². The predicted molar refractivity (Wildman–Crippen MR) is 59.4 cm³/mol. The zero-order valence-corrected chi connectivity index (χ0v) is 9.50. The van der Waals surface area contributed by atoms with Gasteiger partial charge in [-0.2, -0.15) is 0 Å². The number of carbonyl (C=O) groups is 1. The highest BCUT2D eigenvalue weighted by Crippen LogP contribution is 2.34. The van der Waals surface area contributed by atoms with Gasteiger partial charge in [0.15, 0.2) is 0 Å². The van der Waals surface area contributed by atoms with Crippen LogP contribution in [0.15, 0.2) is 11.4 Å². The third-order valence-electron chi connectivity index (χ3n) is 1.47. The van der Waals surface area contributed by atoms with Crippen molar-refractivity contribution in [3.8, 4) is 0 Å². The Morgan fingerprint density at radius 1 is 1.58 bits per heavy atom. The Labute approximate surface area is 90.0 Å². The van der Waals surface area contributed by atoms with Gasteiger partial charge in [-0.05, 0) is 28.7 Å². The van der Waals surface area contributed by atoms with Crippen molar-refractivity contribution in [2.24, 2.45) is 0 Å². The van der Waals surface area contributed by atoms with Crippen molar-refractivity contribution >= 4 is 60.6 Å². The van der Waals surface area contributed by atoms with Gasteiger partial charge in [0.2, 0.25) is 0 Å². The first-order chi connectivity index (χ1) is 5.68.